The molecule has 2 aliphatic heterocycles. The molecule has 1 saturated heterocycles. The smallest absolute Gasteiger partial charge is 0.282 e. The van der Waals surface area contributed by atoms with Crippen LogP contribution in [0.25, 0.3) is 0 Å². The van der Waals surface area contributed by atoms with Crippen LogP contribution in [0.2, 0.25) is 0 Å². The van der Waals surface area contributed by atoms with Gasteiger partial charge in [-0.15, -0.1) is 0 Å². The maximum absolute atomic E-state index is 5.45. The van der Waals surface area contributed by atoms with Crippen LogP contribution in [0, 0.1) is 0 Å². The highest BCUT2D eigenvalue weighted by molar-refractivity contribution is 8.00. The van der Waals surface area contributed by atoms with Gasteiger partial charge in [-0.05, 0) is 6.42 Å². The van der Waals surface area contributed by atoms with E-state index in [4.69, 9.17) is 10.5 Å². The number of amidine groups is 1. The molecular formula is C7H12N2OS. The van der Waals surface area contributed by atoms with Crippen molar-refractivity contribution in [3.63, 3.8) is 0 Å². The minimum Gasteiger partial charge on any atom is -0.463 e. The maximum atomic E-state index is 5.45. The van der Waals surface area contributed by atoms with Crippen LogP contribution in [0.5, 0.6) is 0 Å². The fourth-order valence-electron chi connectivity index (χ4n) is 1.64. The molecule has 1 fully saturated rings. The monoisotopic (exact) mass is 172 g/mol. The molecule has 0 bridgehead atoms. The molecule has 1 spiro atoms. The molecule has 2 rings (SSSR count). The van der Waals surface area contributed by atoms with Crippen molar-refractivity contribution < 1.29 is 4.74 Å². The van der Waals surface area contributed by atoms with Crippen molar-refractivity contribution in [2.24, 2.45) is 10.7 Å². The summed E-state index contributed by atoms with van der Waals surface area (Å²) in [5.41, 5.74) is 5.49. The summed E-state index contributed by atoms with van der Waals surface area (Å²) in [6.07, 6.45) is 1.11. The second kappa shape index (κ2) is 2.30. The Labute approximate surface area is 70.4 Å². The van der Waals surface area contributed by atoms with Gasteiger partial charge in [0.2, 0.25) is 0 Å². The van der Waals surface area contributed by atoms with Crippen LogP contribution in [0.15, 0.2) is 4.99 Å². The Bertz CT molecular complexity index is 207. The van der Waals surface area contributed by atoms with Crippen LogP contribution >= 0.6 is 11.8 Å². The summed E-state index contributed by atoms with van der Waals surface area (Å²) in [6, 6.07) is 0.375. The Morgan fingerprint density at radius 3 is 3.09 bits per heavy atom. The van der Waals surface area contributed by atoms with E-state index in [-0.39, 0.29) is 5.54 Å². The fourth-order valence-corrected chi connectivity index (χ4v) is 2.92. The Morgan fingerprint density at radius 2 is 2.64 bits per heavy atom. The molecule has 2 aliphatic rings. The number of aliphatic imine (C=N–C) groups is 1. The van der Waals surface area contributed by atoms with Crippen LogP contribution in [-0.2, 0) is 4.74 Å². The molecular weight excluding hydrogens is 160 g/mol. The lowest BCUT2D eigenvalue weighted by atomic mass is 9.99. The van der Waals surface area contributed by atoms with Gasteiger partial charge < -0.3 is 10.5 Å². The molecule has 4 heteroatoms. The maximum Gasteiger partial charge on any atom is 0.282 e. The summed E-state index contributed by atoms with van der Waals surface area (Å²) in [4.78, 5) is 4.32. The zero-order valence-electron chi connectivity index (χ0n) is 6.54. The molecule has 2 unspecified atom stereocenters. The van der Waals surface area contributed by atoms with Gasteiger partial charge in [0, 0.05) is 11.0 Å². The van der Waals surface area contributed by atoms with Crippen molar-refractivity contribution in [2.45, 2.75) is 24.1 Å². The van der Waals surface area contributed by atoms with E-state index in [1.165, 1.54) is 0 Å². The second-order valence-corrected chi connectivity index (χ2v) is 4.72. The number of hydrogen-bond acceptors (Lipinski definition) is 4. The first-order chi connectivity index (χ1) is 5.20. The fraction of sp³-hybridized carbons (Fsp3) is 0.857. The summed E-state index contributed by atoms with van der Waals surface area (Å²) >= 11 is 1.95. The van der Waals surface area contributed by atoms with Gasteiger partial charge in [-0.25, -0.2) is 4.99 Å². The van der Waals surface area contributed by atoms with Crippen molar-refractivity contribution in [3.8, 4) is 0 Å². The van der Waals surface area contributed by atoms with Gasteiger partial charge >= 0.3 is 0 Å². The Hall–Kier alpha value is -0.380. The Kier molecular flexibility index (Phi) is 1.52. The molecule has 3 nitrogen and oxygen atoms in total. The van der Waals surface area contributed by atoms with Gasteiger partial charge in [-0.3, -0.25) is 0 Å². The lowest BCUT2D eigenvalue weighted by molar-refractivity contribution is 0.264. The van der Waals surface area contributed by atoms with E-state index in [1.807, 2.05) is 11.8 Å². The number of nitrogens with zero attached hydrogens (tertiary/aromatic N) is 1. The highest BCUT2D eigenvalue weighted by Crippen LogP contribution is 2.39. The predicted molar refractivity (Wildman–Crippen MR) is 46.8 cm³/mol. The van der Waals surface area contributed by atoms with E-state index in [9.17, 15) is 0 Å². The molecule has 2 heterocycles. The quantitative estimate of drug-likeness (QED) is 0.582. The predicted octanol–water partition coefficient (Wildman–Crippen LogP) is 0.596. The number of hydrogen-bond donors (Lipinski definition) is 1. The van der Waals surface area contributed by atoms with Gasteiger partial charge in [0.25, 0.3) is 6.02 Å². The molecule has 2 N–H and O–H groups in total. The third-order valence-electron chi connectivity index (χ3n) is 2.14. The molecule has 0 aliphatic carbocycles. The normalized spacial score (nSPS) is 42.6. The van der Waals surface area contributed by atoms with Gasteiger partial charge in [0.1, 0.15) is 12.1 Å². The lowest BCUT2D eigenvalue weighted by Crippen LogP contribution is -2.27. The molecule has 11 heavy (non-hydrogen) atoms. The topological polar surface area (TPSA) is 47.6 Å². The third kappa shape index (κ3) is 1.20. The molecule has 0 aromatic rings. The third-order valence-corrected chi connectivity index (χ3v) is 3.58. The highest BCUT2D eigenvalue weighted by Gasteiger charge is 2.42. The van der Waals surface area contributed by atoms with Crippen LogP contribution in [0.1, 0.15) is 13.3 Å². The second-order valence-electron chi connectivity index (χ2n) is 3.29. The Balaban J connectivity index is 2.13. The molecule has 0 radical (unpaired) electrons. The van der Waals surface area contributed by atoms with Gasteiger partial charge in [-0.2, -0.15) is 11.8 Å². The minimum atomic E-state index is 0.0359. The van der Waals surface area contributed by atoms with E-state index < -0.39 is 0 Å². The SMILES string of the molecule is CC1CC2(COC(N)=N2)CS1. The van der Waals surface area contributed by atoms with Crippen molar-refractivity contribution in [2.75, 3.05) is 12.4 Å². The first-order valence-electron chi connectivity index (χ1n) is 3.80. The van der Waals surface area contributed by atoms with Crippen LogP contribution in [0.3, 0.4) is 0 Å². The number of nitrogens with two attached hydrogens (primary N) is 1. The zero-order valence-corrected chi connectivity index (χ0v) is 7.36. The molecule has 0 amide bonds. The Morgan fingerprint density at radius 1 is 1.82 bits per heavy atom. The summed E-state index contributed by atoms with van der Waals surface area (Å²) in [5.74, 6) is 1.06. The lowest BCUT2D eigenvalue weighted by Gasteiger charge is -2.14. The van der Waals surface area contributed by atoms with E-state index in [2.05, 4.69) is 11.9 Å². The number of thioether (sulfide) groups is 1. The van der Waals surface area contributed by atoms with Gasteiger partial charge in [-0.1, -0.05) is 6.92 Å². The largest absolute Gasteiger partial charge is 0.463 e. The van der Waals surface area contributed by atoms with Crippen molar-refractivity contribution in [1.29, 1.82) is 0 Å². The van der Waals surface area contributed by atoms with Crippen LogP contribution in [-0.4, -0.2) is 29.2 Å². The molecule has 0 saturated carbocycles. The van der Waals surface area contributed by atoms with E-state index in [1.54, 1.807) is 0 Å². The van der Waals surface area contributed by atoms with Crippen molar-refractivity contribution >= 4 is 17.8 Å². The average molecular weight is 172 g/mol. The molecule has 0 aromatic carbocycles. The zero-order chi connectivity index (χ0) is 7.90. The summed E-state index contributed by atoms with van der Waals surface area (Å²) in [7, 11) is 0. The molecule has 62 valence electrons. The minimum absolute atomic E-state index is 0.0359. The van der Waals surface area contributed by atoms with E-state index in [0.717, 1.165) is 12.2 Å². The van der Waals surface area contributed by atoms with Gasteiger partial charge in [0.15, 0.2) is 0 Å². The van der Waals surface area contributed by atoms with E-state index in [0.29, 0.717) is 17.9 Å². The summed E-state index contributed by atoms with van der Waals surface area (Å²) in [5, 5.41) is 0.702. The number of rotatable bonds is 0. The molecule has 0 aromatic heterocycles. The van der Waals surface area contributed by atoms with Gasteiger partial charge in [0.05, 0.1) is 0 Å². The summed E-state index contributed by atoms with van der Waals surface area (Å²) in [6.45, 7) is 2.92. The summed E-state index contributed by atoms with van der Waals surface area (Å²) < 4.78 is 5.15. The van der Waals surface area contributed by atoms with Crippen LogP contribution < -0.4 is 5.73 Å². The van der Waals surface area contributed by atoms with Crippen molar-refractivity contribution in [1.82, 2.24) is 0 Å². The standard InChI is InChI=1S/C7H12N2OS/c1-5-2-7(4-11-5)3-10-6(8)9-7/h5H,2-4H2,1H3,(H2,8,9). The first kappa shape index (κ1) is 7.28. The van der Waals surface area contributed by atoms with Crippen molar-refractivity contribution in [3.05, 3.63) is 0 Å². The first-order valence-corrected chi connectivity index (χ1v) is 4.85. The van der Waals surface area contributed by atoms with Crippen LogP contribution in [0.4, 0.5) is 0 Å². The average Bonchev–Trinajstić information content (AvgIpc) is 2.44. The van der Waals surface area contributed by atoms with E-state index >= 15 is 0 Å². The molecule has 2 atom stereocenters. The number of ether oxygens (including phenoxy) is 1. The highest BCUT2D eigenvalue weighted by atomic mass is 32.2.